The number of fused-ring (bicyclic) bond motifs is 1. The molecule has 0 aliphatic heterocycles. The second-order valence-electron chi connectivity index (χ2n) is 8.05. The first-order valence-corrected chi connectivity index (χ1v) is 12.3. The van der Waals surface area contributed by atoms with Crippen LogP contribution in [0.5, 0.6) is 0 Å². The molecular weight excluding hydrogens is 420 g/mol. The van der Waals surface area contributed by atoms with Gasteiger partial charge in [0.15, 0.2) is 5.78 Å². The fraction of sp³-hybridized carbons (Fsp3) is 0.348. The van der Waals surface area contributed by atoms with Gasteiger partial charge >= 0.3 is 0 Å². The van der Waals surface area contributed by atoms with E-state index >= 15 is 0 Å². The lowest BCUT2D eigenvalue weighted by molar-refractivity contribution is 0.0947. The third-order valence-corrected chi connectivity index (χ3v) is 6.99. The Balaban J connectivity index is 1.73. The van der Waals surface area contributed by atoms with Crippen molar-refractivity contribution in [1.29, 1.82) is 0 Å². The van der Waals surface area contributed by atoms with Crippen LogP contribution in [0.2, 0.25) is 5.02 Å². The fourth-order valence-electron chi connectivity index (χ4n) is 4.32. The van der Waals surface area contributed by atoms with Crippen molar-refractivity contribution in [2.24, 2.45) is 0 Å². The van der Waals surface area contributed by atoms with E-state index < -0.39 is 15.4 Å². The van der Waals surface area contributed by atoms with E-state index in [1.807, 2.05) is 55.5 Å². The highest BCUT2D eigenvalue weighted by atomic mass is 35.5. The summed E-state index contributed by atoms with van der Waals surface area (Å²) in [5.41, 5.74) is 3.05. The molecule has 0 bridgehead atoms. The molecule has 1 aliphatic carbocycles. The van der Waals surface area contributed by atoms with E-state index in [9.17, 15) is 13.2 Å². The number of sulfonamides is 1. The molecule has 30 heavy (non-hydrogen) atoms. The van der Waals surface area contributed by atoms with Gasteiger partial charge in [0.2, 0.25) is 10.0 Å². The molecule has 1 N–H and O–H groups in total. The van der Waals surface area contributed by atoms with E-state index in [2.05, 4.69) is 9.29 Å². The molecule has 0 atom stereocenters. The number of nitrogens with one attached hydrogen (secondary N) is 1. The molecule has 1 fully saturated rings. The lowest BCUT2D eigenvalue weighted by Crippen LogP contribution is -2.24. The summed E-state index contributed by atoms with van der Waals surface area (Å²) in [5, 5.41) is 1.46. The van der Waals surface area contributed by atoms with Gasteiger partial charge in [-0.2, -0.15) is 0 Å². The molecule has 1 heterocycles. The highest BCUT2D eigenvalue weighted by Crippen LogP contribution is 2.52. The number of benzene rings is 2. The van der Waals surface area contributed by atoms with E-state index in [0.717, 1.165) is 46.8 Å². The molecule has 3 aromatic rings. The van der Waals surface area contributed by atoms with Crippen molar-refractivity contribution in [3.63, 3.8) is 0 Å². The van der Waals surface area contributed by atoms with Gasteiger partial charge in [-0.15, -0.1) is 0 Å². The van der Waals surface area contributed by atoms with Crippen molar-refractivity contribution in [3.05, 3.63) is 70.4 Å². The van der Waals surface area contributed by atoms with Gasteiger partial charge in [-0.1, -0.05) is 54.1 Å². The first-order chi connectivity index (χ1) is 14.2. The van der Waals surface area contributed by atoms with Crippen LogP contribution in [0.1, 0.15) is 40.9 Å². The Bertz CT molecular complexity index is 1210. The third-order valence-electron chi connectivity index (χ3n) is 5.95. The summed E-state index contributed by atoms with van der Waals surface area (Å²) in [4.78, 5) is 13.8. The summed E-state index contributed by atoms with van der Waals surface area (Å²) in [5.74, 6) is 0.145. The van der Waals surface area contributed by atoms with Crippen molar-refractivity contribution in [1.82, 2.24) is 9.29 Å². The molecule has 4 rings (SSSR count). The number of halogens is 1. The molecule has 0 amide bonds. The summed E-state index contributed by atoms with van der Waals surface area (Å²) < 4.78 is 27.2. The number of para-hydroxylation sites is 1. The number of aryl methyl sites for hydroxylation is 1. The van der Waals surface area contributed by atoms with Gasteiger partial charge in [-0.05, 0) is 37.8 Å². The normalized spacial score (nSPS) is 15.4. The number of hydrogen-bond acceptors (Lipinski definition) is 3. The second kappa shape index (κ2) is 7.84. The molecule has 0 unspecified atom stereocenters. The van der Waals surface area contributed by atoms with Crippen LogP contribution in [0, 0.1) is 6.92 Å². The van der Waals surface area contributed by atoms with Gasteiger partial charge < -0.3 is 4.57 Å². The van der Waals surface area contributed by atoms with Gasteiger partial charge in [-0.3, -0.25) is 4.79 Å². The molecule has 158 valence electrons. The number of Topliss-reactive ketones (excluding diaryl/α,β-unsaturated/α-hetero) is 1. The summed E-state index contributed by atoms with van der Waals surface area (Å²) in [6.07, 6.45) is 3.44. The molecule has 0 radical (unpaired) electrons. The zero-order valence-electron chi connectivity index (χ0n) is 17.1. The summed E-state index contributed by atoms with van der Waals surface area (Å²) in [6, 6.07) is 15.6. The quantitative estimate of drug-likeness (QED) is 0.412. The Morgan fingerprint density at radius 3 is 2.47 bits per heavy atom. The Morgan fingerprint density at radius 1 is 1.13 bits per heavy atom. The fourth-order valence-corrected chi connectivity index (χ4v) is 5.11. The maximum Gasteiger partial charge on any atom is 0.208 e. The van der Waals surface area contributed by atoms with Crippen LogP contribution < -0.4 is 4.72 Å². The highest BCUT2D eigenvalue weighted by Gasteiger charge is 2.52. The Kier molecular flexibility index (Phi) is 5.51. The molecule has 2 aromatic carbocycles. The van der Waals surface area contributed by atoms with Gasteiger partial charge in [0, 0.05) is 29.7 Å². The van der Waals surface area contributed by atoms with Crippen LogP contribution in [-0.2, 0) is 22.0 Å². The first-order valence-electron chi connectivity index (χ1n) is 10.1. The van der Waals surface area contributed by atoms with E-state index in [1.165, 1.54) is 0 Å². The lowest BCUT2D eigenvalue weighted by Gasteiger charge is -2.15. The minimum atomic E-state index is -3.23. The SMILES string of the molecule is Cc1c(C(=O)C2(c3ccccc3)CC2)c2cccc(Cl)c2n1CCCNS(C)(=O)=O. The van der Waals surface area contributed by atoms with Crippen LogP contribution in [0.4, 0.5) is 0 Å². The summed E-state index contributed by atoms with van der Waals surface area (Å²) in [6.45, 7) is 2.86. The molecule has 1 aliphatic rings. The number of nitrogens with zero attached hydrogens (tertiary/aromatic N) is 1. The molecule has 1 aromatic heterocycles. The number of ketones is 1. The minimum absolute atomic E-state index is 0.145. The maximum absolute atomic E-state index is 13.8. The number of carbonyl (C=O) groups excluding carboxylic acids is 1. The third kappa shape index (κ3) is 3.80. The van der Waals surface area contributed by atoms with Crippen molar-refractivity contribution in [3.8, 4) is 0 Å². The predicted molar refractivity (Wildman–Crippen MR) is 121 cm³/mol. The van der Waals surface area contributed by atoms with E-state index in [1.54, 1.807) is 0 Å². The minimum Gasteiger partial charge on any atom is -0.343 e. The van der Waals surface area contributed by atoms with Crippen LogP contribution in [0.3, 0.4) is 0 Å². The van der Waals surface area contributed by atoms with E-state index in [0.29, 0.717) is 24.5 Å². The first kappa shape index (κ1) is 21.1. The van der Waals surface area contributed by atoms with Gasteiger partial charge in [-0.25, -0.2) is 13.1 Å². The molecule has 0 spiro atoms. The largest absolute Gasteiger partial charge is 0.343 e. The van der Waals surface area contributed by atoms with Crippen molar-refractivity contribution < 1.29 is 13.2 Å². The molecule has 7 heteroatoms. The zero-order valence-corrected chi connectivity index (χ0v) is 18.7. The molecular formula is C23H25ClN2O3S. The smallest absolute Gasteiger partial charge is 0.208 e. The average Bonchev–Trinajstić information content (AvgIpc) is 3.46. The molecule has 5 nitrogen and oxygen atoms in total. The summed E-state index contributed by atoms with van der Waals surface area (Å²) >= 11 is 6.54. The second-order valence-corrected chi connectivity index (χ2v) is 10.3. The highest BCUT2D eigenvalue weighted by molar-refractivity contribution is 7.88. The Morgan fingerprint density at radius 2 is 1.83 bits per heavy atom. The topological polar surface area (TPSA) is 68.2 Å². The van der Waals surface area contributed by atoms with Crippen molar-refractivity contribution in [2.45, 2.75) is 38.1 Å². The standard InChI is InChI=1S/C23H25ClN2O3S/c1-16-20(22(27)23(12-13-23)17-8-4-3-5-9-17)18-10-6-11-19(24)21(18)26(16)15-7-14-25-30(2,28)29/h3-6,8-11,25H,7,12-15H2,1-2H3. The van der Waals surface area contributed by atoms with Crippen LogP contribution >= 0.6 is 11.6 Å². The molecule has 0 saturated heterocycles. The van der Waals surface area contributed by atoms with Gasteiger partial charge in [0.1, 0.15) is 0 Å². The number of hydrogen-bond donors (Lipinski definition) is 1. The van der Waals surface area contributed by atoms with E-state index in [4.69, 9.17) is 11.6 Å². The zero-order chi connectivity index (χ0) is 21.5. The summed E-state index contributed by atoms with van der Waals surface area (Å²) in [7, 11) is -3.23. The number of carbonyl (C=O) groups is 1. The van der Waals surface area contributed by atoms with Crippen LogP contribution in [-0.4, -0.2) is 31.6 Å². The van der Waals surface area contributed by atoms with E-state index in [-0.39, 0.29) is 5.78 Å². The maximum atomic E-state index is 13.8. The monoisotopic (exact) mass is 444 g/mol. The Labute approximate surface area is 182 Å². The molecule has 1 saturated carbocycles. The van der Waals surface area contributed by atoms with Crippen molar-refractivity contribution >= 4 is 38.3 Å². The van der Waals surface area contributed by atoms with Gasteiger partial charge in [0.25, 0.3) is 0 Å². The lowest BCUT2D eigenvalue weighted by atomic mass is 9.86. The number of aromatic nitrogens is 1. The predicted octanol–water partition coefficient (Wildman–Crippen LogP) is 4.46. The van der Waals surface area contributed by atoms with Crippen molar-refractivity contribution in [2.75, 3.05) is 12.8 Å². The van der Waals surface area contributed by atoms with Crippen LogP contribution in [0.25, 0.3) is 10.9 Å². The average molecular weight is 445 g/mol. The Hall–Kier alpha value is -2.15. The van der Waals surface area contributed by atoms with Gasteiger partial charge in [0.05, 0.1) is 22.2 Å². The number of rotatable bonds is 8. The van der Waals surface area contributed by atoms with Crippen LogP contribution in [0.15, 0.2) is 48.5 Å².